The molecular weight excluding hydrogens is 262 g/mol. The van der Waals surface area contributed by atoms with Crippen molar-refractivity contribution in [2.75, 3.05) is 5.32 Å². The Labute approximate surface area is 115 Å². The Bertz CT molecular complexity index is 564. The topological polar surface area (TPSA) is 64.1 Å². The molecule has 0 bridgehead atoms. The van der Waals surface area contributed by atoms with Crippen LogP contribution < -0.4 is 10.1 Å². The summed E-state index contributed by atoms with van der Waals surface area (Å²) in [4.78, 5) is 16.1. The molecule has 0 aromatic carbocycles. The second kappa shape index (κ2) is 5.79. The molecule has 100 valence electrons. The average molecular weight is 277 g/mol. The van der Waals surface area contributed by atoms with E-state index in [1.165, 1.54) is 11.5 Å². The summed E-state index contributed by atoms with van der Waals surface area (Å²) in [7, 11) is 0. The molecule has 2 aromatic heterocycles. The SMILES string of the molecule is Cc1nscc1C(=O)Nc1ccc(OC(C)C)nc1. The van der Waals surface area contributed by atoms with Crippen molar-refractivity contribution in [2.45, 2.75) is 26.9 Å². The lowest BCUT2D eigenvalue weighted by Gasteiger charge is -2.09. The van der Waals surface area contributed by atoms with Crippen molar-refractivity contribution in [3.05, 3.63) is 35.0 Å². The molecule has 0 aliphatic carbocycles. The van der Waals surface area contributed by atoms with E-state index in [2.05, 4.69) is 14.7 Å². The van der Waals surface area contributed by atoms with Gasteiger partial charge in [-0.2, -0.15) is 4.37 Å². The maximum Gasteiger partial charge on any atom is 0.258 e. The molecular formula is C13H15N3O2S. The number of aryl methyl sites for hydroxylation is 1. The Morgan fingerprint density at radius 2 is 2.21 bits per heavy atom. The molecule has 5 nitrogen and oxygen atoms in total. The highest BCUT2D eigenvalue weighted by atomic mass is 32.1. The van der Waals surface area contributed by atoms with E-state index in [9.17, 15) is 4.79 Å². The number of nitrogens with one attached hydrogen (secondary N) is 1. The molecule has 2 rings (SSSR count). The van der Waals surface area contributed by atoms with Gasteiger partial charge in [-0.1, -0.05) is 0 Å². The Hall–Kier alpha value is -1.95. The number of carbonyl (C=O) groups is 1. The largest absolute Gasteiger partial charge is 0.475 e. The van der Waals surface area contributed by atoms with Crippen LogP contribution in [0.2, 0.25) is 0 Å². The van der Waals surface area contributed by atoms with Gasteiger partial charge in [-0.25, -0.2) is 4.98 Å². The predicted molar refractivity (Wildman–Crippen MR) is 74.8 cm³/mol. The van der Waals surface area contributed by atoms with Crippen molar-refractivity contribution in [1.82, 2.24) is 9.36 Å². The Morgan fingerprint density at radius 1 is 1.42 bits per heavy atom. The monoisotopic (exact) mass is 277 g/mol. The number of hydrogen-bond acceptors (Lipinski definition) is 5. The van der Waals surface area contributed by atoms with Gasteiger partial charge in [0.1, 0.15) is 0 Å². The smallest absolute Gasteiger partial charge is 0.258 e. The minimum atomic E-state index is -0.175. The summed E-state index contributed by atoms with van der Waals surface area (Å²) in [6.45, 7) is 5.68. The van der Waals surface area contributed by atoms with Crippen LogP contribution in [0.1, 0.15) is 29.9 Å². The van der Waals surface area contributed by atoms with E-state index in [4.69, 9.17) is 4.74 Å². The summed E-state index contributed by atoms with van der Waals surface area (Å²) >= 11 is 1.27. The molecule has 6 heteroatoms. The van der Waals surface area contributed by atoms with Gasteiger partial charge in [-0.15, -0.1) is 0 Å². The van der Waals surface area contributed by atoms with Crippen molar-refractivity contribution in [3.8, 4) is 5.88 Å². The van der Waals surface area contributed by atoms with E-state index < -0.39 is 0 Å². The van der Waals surface area contributed by atoms with Crippen LogP contribution in [0.25, 0.3) is 0 Å². The van der Waals surface area contributed by atoms with Crippen LogP contribution >= 0.6 is 11.5 Å². The van der Waals surface area contributed by atoms with Gasteiger partial charge in [-0.05, 0) is 38.4 Å². The van der Waals surface area contributed by atoms with Crippen molar-refractivity contribution < 1.29 is 9.53 Å². The fourth-order valence-electron chi connectivity index (χ4n) is 1.47. The first-order valence-corrected chi connectivity index (χ1v) is 6.75. The molecule has 0 saturated heterocycles. The molecule has 1 amide bonds. The number of nitrogens with zero attached hydrogens (tertiary/aromatic N) is 2. The van der Waals surface area contributed by atoms with Gasteiger partial charge in [-0.3, -0.25) is 4.79 Å². The average Bonchev–Trinajstić information content (AvgIpc) is 2.77. The molecule has 19 heavy (non-hydrogen) atoms. The number of pyridine rings is 1. The van der Waals surface area contributed by atoms with Gasteiger partial charge < -0.3 is 10.1 Å². The summed E-state index contributed by atoms with van der Waals surface area (Å²) < 4.78 is 9.50. The highest BCUT2D eigenvalue weighted by Crippen LogP contribution is 2.15. The molecule has 2 aromatic rings. The summed E-state index contributed by atoms with van der Waals surface area (Å²) in [5.74, 6) is 0.368. The van der Waals surface area contributed by atoms with E-state index in [-0.39, 0.29) is 12.0 Å². The maximum atomic E-state index is 12.0. The predicted octanol–water partition coefficient (Wildman–Crippen LogP) is 2.89. The maximum absolute atomic E-state index is 12.0. The number of hydrogen-bond donors (Lipinski definition) is 1. The van der Waals surface area contributed by atoms with Crippen LogP contribution in [0, 0.1) is 6.92 Å². The standard InChI is InChI=1S/C13H15N3O2S/c1-8(2)18-12-5-4-10(6-14-12)15-13(17)11-7-19-16-9(11)3/h4-8H,1-3H3,(H,15,17). The van der Waals surface area contributed by atoms with Gasteiger partial charge in [0.15, 0.2) is 0 Å². The van der Waals surface area contributed by atoms with Crippen LogP contribution in [0.5, 0.6) is 5.88 Å². The Kier molecular flexibility index (Phi) is 4.11. The molecule has 0 atom stereocenters. The first-order valence-electron chi connectivity index (χ1n) is 5.91. The zero-order valence-corrected chi connectivity index (χ0v) is 11.8. The minimum Gasteiger partial charge on any atom is -0.475 e. The van der Waals surface area contributed by atoms with Crippen LogP contribution in [-0.2, 0) is 0 Å². The highest BCUT2D eigenvalue weighted by Gasteiger charge is 2.11. The summed E-state index contributed by atoms with van der Waals surface area (Å²) in [6.07, 6.45) is 1.65. The van der Waals surface area contributed by atoms with Gasteiger partial charge >= 0.3 is 0 Å². The first-order chi connectivity index (χ1) is 9.06. The zero-order valence-electron chi connectivity index (χ0n) is 11.0. The lowest BCUT2D eigenvalue weighted by Crippen LogP contribution is -2.13. The second-order valence-corrected chi connectivity index (χ2v) is 4.95. The third-order valence-corrected chi connectivity index (χ3v) is 3.07. The third kappa shape index (κ3) is 3.51. The molecule has 0 fully saturated rings. The Morgan fingerprint density at radius 3 is 2.74 bits per heavy atom. The molecule has 1 N–H and O–H groups in total. The van der Waals surface area contributed by atoms with Crippen molar-refractivity contribution in [1.29, 1.82) is 0 Å². The second-order valence-electron chi connectivity index (χ2n) is 4.32. The molecule has 0 radical (unpaired) electrons. The first kappa shape index (κ1) is 13.5. The fraction of sp³-hybridized carbons (Fsp3) is 0.308. The summed E-state index contributed by atoms with van der Waals surface area (Å²) in [5, 5.41) is 4.51. The van der Waals surface area contributed by atoms with E-state index >= 15 is 0 Å². The van der Waals surface area contributed by atoms with Crippen LogP contribution in [0.15, 0.2) is 23.7 Å². The molecule has 0 saturated carbocycles. The molecule has 0 unspecified atom stereocenters. The summed E-state index contributed by atoms with van der Waals surface area (Å²) in [6, 6.07) is 3.49. The van der Waals surface area contributed by atoms with E-state index in [1.54, 1.807) is 23.7 Å². The molecule has 0 aliphatic heterocycles. The summed E-state index contributed by atoms with van der Waals surface area (Å²) in [5.41, 5.74) is 1.95. The van der Waals surface area contributed by atoms with E-state index in [0.29, 0.717) is 17.1 Å². The Balaban J connectivity index is 2.04. The van der Waals surface area contributed by atoms with Crippen LogP contribution in [0.3, 0.4) is 0 Å². The fourth-order valence-corrected chi connectivity index (χ4v) is 2.17. The number of amides is 1. The zero-order chi connectivity index (χ0) is 13.8. The van der Waals surface area contributed by atoms with Gasteiger partial charge in [0.2, 0.25) is 5.88 Å². The lowest BCUT2D eigenvalue weighted by atomic mass is 10.2. The third-order valence-electron chi connectivity index (χ3n) is 2.35. The quantitative estimate of drug-likeness (QED) is 0.933. The van der Waals surface area contributed by atoms with Crippen molar-refractivity contribution in [2.24, 2.45) is 0 Å². The van der Waals surface area contributed by atoms with Crippen LogP contribution in [-0.4, -0.2) is 21.4 Å². The van der Waals surface area contributed by atoms with Crippen LogP contribution in [0.4, 0.5) is 5.69 Å². The number of rotatable bonds is 4. The molecule has 2 heterocycles. The normalized spacial score (nSPS) is 10.5. The number of ether oxygens (including phenoxy) is 1. The lowest BCUT2D eigenvalue weighted by molar-refractivity contribution is 0.102. The van der Waals surface area contributed by atoms with Crippen molar-refractivity contribution in [3.63, 3.8) is 0 Å². The van der Waals surface area contributed by atoms with Gasteiger partial charge in [0, 0.05) is 11.4 Å². The highest BCUT2D eigenvalue weighted by molar-refractivity contribution is 7.04. The van der Waals surface area contributed by atoms with Gasteiger partial charge in [0.25, 0.3) is 5.91 Å². The van der Waals surface area contributed by atoms with Crippen molar-refractivity contribution >= 4 is 23.1 Å². The molecule has 0 aliphatic rings. The number of anilines is 1. The molecule has 0 spiro atoms. The van der Waals surface area contributed by atoms with E-state index in [0.717, 1.165) is 5.69 Å². The van der Waals surface area contributed by atoms with E-state index in [1.807, 2.05) is 20.8 Å². The minimum absolute atomic E-state index is 0.0764. The van der Waals surface area contributed by atoms with Gasteiger partial charge in [0.05, 0.1) is 29.2 Å². The number of aromatic nitrogens is 2. The number of carbonyl (C=O) groups excluding carboxylic acids is 1.